The van der Waals surface area contributed by atoms with Crippen LogP contribution in [0.15, 0.2) is 30.4 Å². The maximum Gasteiger partial charge on any atom is 0.246 e. The molecular weight excluding hydrogens is 490 g/mol. The maximum atomic E-state index is 14.0. The molecule has 1 aromatic carbocycles. The lowest BCUT2D eigenvalue weighted by Gasteiger charge is -2.39. The number of nitrogens with one attached hydrogen (secondary N) is 2. The fourth-order valence-electron chi connectivity index (χ4n) is 6.82. The summed E-state index contributed by atoms with van der Waals surface area (Å²) in [5.41, 5.74) is 0.335. The topological polar surface area (TPSA) is 87.7 Å². The first-order valence-corrected chi connectivity index (χ1v) is 14.0. The number of fused-ring (bicyclic) bond motifs is 1. The summed E-state index contributed by atoms with van der Waals surface area (Å²) < 4.78 is 6.44. The largest absolute Gasteiger partial charge is 0.359 e. The van der Waals surface area contributed by atoms with Gasteiger partial charge in [-0.2, -0.15) is 0 Å². The highest BCUT2D eigenvalue weighted by Gasteiger charge is 2.73. The van der Waals surface area contributed by atoms with Gasteiger partial charge in [-0.15, -0.1) is 0 Å². The van der Waals surface area contributed by atoms with Crippen LogP contribution in [0.25, 0.3) is 0 Å². The van der Waals surface area contributed by atoms with Crippen molar-refractivity contribution in [3.8, 4) is 0 Å². The minimum absolute atomic E-state index is 0.0635. The summed E-state index contributed by atoms with van der Waals surface area (Å²) in [6.07, 6.45) is 7.03. The number of ether oxygens (including phenoxy) is 1. The number of carbonyl (C=O) groups excluding carboxylic acids is 3. The molecule has 5 rings (SSSR count). The van der Waals surface area contributed by atoms with E-state index in [0.717, 1.165) is 24.8 Å². The second-order valence-electron chi connectivity index (χ2n) is 11.5. The van der Waals surface area contributed by atoms with Crippen LogP contribution in [-0.4, -0.2) is 52.5 Å². The molecule has 9 atom stereocenters. The summed E-state index contributed by atoms with van der Waals surface area (Å²) in [7, 11) is 0. The van der Waals surface area contributed by atoms with E-state index in [-0.39, 0.29) is 29.8 Å². The number of halogens is 1. The van der Waals surface area contributed by atoms with Gasteiger partial charge in [0.1, 0.15) is 11.6 Å². The van der Waals surface area contributed by atoms with Gasteiger partial charge in [0.2, 0.25) is 17.7 Å². The smallest absolute Gasteiger partial charge is 0.246 e. The number of benzene rings is 1. The minimum Gasteiger partial charge on any atom is -0.359 e. The number of nitrogens with zero attached hydrogens (tertiary/aromatic N) is 1. The average Bonchev–Trinajstić information content (AvgIpc) is 3.51. The highest BCUT2D eigenvalue weighted by atomic mass is 35.5. The van der Waals surface area contributed by atoms with E-state index in [0.29, 0.717) is 29.0 Å². The number of aryl methyl sites for hydroxylation is 1. The van der Waals surface area contributed by atoms with Gasteiger partial charge in [0.15, 0.2) is 0 Å². The number of anilines is 1. The molecule has 3 fully saturated rings. The Hall–Kier alpha value is -2.38. The van der Waals surface area contributed by atoms with E-state index >= 15 is 0 Å². The highest BCUT2D eigenvalue weighted by Crippen LogP contribution is 2.56. The molecule has 7 unspecified atom stereocenters. The molecule has 8 heteroatoms. The molecule has 1 aliphatic carbocycles. The first-order valence-electron chi connectivity index (χ1n) is 13.7. The Kier molecular flexibility index (Phi) is 6.90. The molecule has 4 aliphatic rings. The molecule has 3 aliphatic heterocycles. The summed E-state index contributed by atoms with van der Waals surface area (Å²) in [4.78, 5) is 43.2. The average molecular weight is 528 g/mol. The molecule has 1 spiro atoms. The fraction of sp³-hybridized carbons (Fsp3) is 0.621. The third kappa shape index (κ3) is 4.19. The van der Waals surface area contributed by atoms with Crippen molar-refractivity contribution in [3.05, 3.63) is 40.9 Å². The summed E-state index contributed by atoms with van der Waals surface area (Å²) in [5.74, 6) is -1.26. The zero-order chi connectivity index (χ0) is 26.6. The SMILES string of the molecule is CCC(C)N1C(=O)[C@H]2C(C(=O)Nc3ccc(C)c(Cl)c3)[C@H]3C=CC2(O3)C1C(=O)NC1CCCC(C)C1C. The molecule has 2 saturated heterocycles. The quantitative estimate of drug-likeness (QED) is 0.534. The molecule has 0 aromatic heterocycles. The van der Waals surface area contributed by atoms with Gasteiger partial charge in [0.25, 0.3) is 0 Å². The van der Waals surface area contributed by atoms with Gasteiger partial charge >= 0.3 is 0 Å². The van der Waals surface area contributed by atoms with Crippen LogP contribution in [0.2, 0.25) is 5.02 Å². The van der Waals surface area contributed by atoms with E-state index in [2.05, 4.69) is 24.5 Å². The molecule has 2 N–H and O–H groups in total. The fourth-order valence-corrected chi connectivity index (χ4v) is 7.00. The minimum atomic E-state index is -1.15. The number of rotatable bonds is 6. The van der Waals surface area contributed by atoms with Crippen LogP contribution in [0.4, 0.5) is 5.69 Å². The Morgan fingerprint density at radius 2 is 2.00 bits per heavy atom. The number of carbonyl (C=O) groups is 3. The van der Waals surface area contributed by atoms with Crippen LogP contribution in [0, 0.1) is 30.6 Å². The molecule has 1 aromatic rings. The van der Waals surface area contributed by atoms with Crippen molar-refractivity contribution >= 4 is 35.0 Å². The zero-order valence-electron chi connectivity index (χ0n) is 22.3. The maximum absolute atomic E-state index is 14.0. The van der Waals surface area contributed by atoms with Crippen molar-refractivity contribution in [3.63, 3.8) is 0 Å². The Balaban J connectivity index is 1.45. The molecule has 7 nitrogen and oxygen atoms in total. The van der Waals surface area contributed by atoms with Crippen molar-refractivity contribution in [2.75, 3.05) is 5.32 Å². The van der Waals surface area contributed by atoms with Crippen molar-refractivity contribution < 1.29 is 19.1 Å². The molecular formula is C29H38ClN3O4. The van der Waals surface area contributed by atoms with Gasteiger partial charge in [-0.3, -0.25) is 14.4 Å². The Labute approximate surface area is 224 Å². The van der Waals surface area contributed by atoms with Gasteiger partial charge in [-0.05, 0) is 56.2 Å². The van der Waals surface area contributed by atoms with E-state index in [4.69, 9.17) is 16.3 Å². The van der Waals surface area contributed by atoms with E-state index in [1.54, 1.807) is 17.0 Å². The lowest BCUT2D eigenvalue weighted by atomic mass is 9.73. The summed E-state index contributed by atoms with van der Waals surface area (Å²) >= 11 is 6.26. The van der Waals surface area contributed by atoms with E-state index in [1.165, 1.54) is 0 Å². The molecule has 3 amide bonds. The molecule has 3 heterocycles. The molecule has 0 radical (unpaired) electrons. The predicted molar refractivity (Wildman–Crippen MR) is 143 cm³/mol. The normalized spacial score (nSPS) is 37.0. The molecule has 37 heavy (non-hydrogen) atoms. The Morgan fingerprint density at radius 3 is 2.70 bits per heavy atom. The van der Waals surface area contributed by atoms with Crippen molar-refractivity contribution in [1.29, 1.82) is 0 Å². The number of amides is 3. The van der Waals surface area contributed by atoms with Crippen LogP contribution >= 0.6 is 11.6 Å². The summed E-state index contributed by atoms with van der Waals surface area (Å²) in [6, 6.07) is 4.44. The first-order chi connectivity index (χ1) is 17.6. The summed E-state index contributed by atoms with van der Waals surface area (Å²) in [6.45, 7) is 10.3. The molecule has 2 bridgehead atoms. The van der Waals surface area contributed by atoms with Crippen molar-refractivity contribution in [2.24, 2.45) is 23.7 Å². The standard InChI is InChI=1S/C29H38ClN3O4/c1-6-17(4)33-25(27(35)32-21-9-7-8-15(2)18(21)5)29-13-12-22(37-29)23(24(29)28(33)36)26(34)31-19-11-10-16(3)20(30)14-19/h10-15,17-18,21-25H,6-9H2,1-5H3,(H,31,34)(H,32,35)/t15?,17?,18?,21?,22-,23?,24-,25?,29?/m1/s1. The number of hydrogen-bond acceptors (Lipinski definition) is 4. The van der Waals surface area contributed by atoms with Gasteiger partial charge < -0.3 is 20.3 Å². The third-order valence-electron chi connectivity index (χ3n) is 9.40. The van der Waals surface area contributed by atoms with Crippen LogP contribution < -0.4 is 10.6 Å². The van der Waals surface area contributed by atoms with E-state index in [9.17, 15) is 14.4 Å². The lowest BCUT2D eigenvalue weighted by molar-refractivity contribution is -0.144. The van der Waals surface area contributed by atoms with E-state index < -0.39 is 29.6 Å². The van der Waals surface area contributed by atoms with Crippen LogP contribution in [-0.2, 0) is 19.1 Å². The second-order valence-corrected chi connectivity index (χ2v) is 11.9. The van der Waals surface area contributed by atoms with Gasteiger partial charge in [-0.1, -0.05) is 63.4 Å². The Morgan fingerprint density at radius 1 is 1.24 bits per heavy atom. The third-order valence-corrected chi connectivity index (χ3v) is 9.81. The first kappa shape index (κ1) is 26.2. The predicted octanol–water partition coefficient (Wildman–Crippen LogP) is 4.48. The van der Waals surface area contributed by atoms with Crippen molar-refractivity contribution in [1.82, 2.24) is 10.2 Å². The Bertz CT molecular complexity index is 1140. The second kappa shape index (κ2) is 9.73. The highest BCUT2D eigenvalue weighted by molar-refractivity contribution is 6.31. The number of likely N-dealkylation sites (tertiary alicyclic amines) is 1. The van der Waals surface area contributed by atoms with E-state index in [1.807, 2.05) is 39.0 Å². The van der Waals surface area contributed by atoms with Crippen LogP contribution in [0.5, 0.6) is 0 Å². The molecule has 200 valence electrons. The van der Waals surface area contributed by atoms with Gasteiger partial charge in [-0.25, -0.2) is 0 Å². The zero-order valence-corrected chi connectivity index (χ0v) is 23.0. The van der Waals surface area contributed by atoms with Crippen LogP contribution in [0.3, 0.4) is 0 Å². The van der Waals surface area contributed by atoms with Gasteiger partial charge in [0.05, 0.1) is 17.9 Å². The van der Waals surface area contributed by atoms with Crippen LogP contribution in [0.1, 0.15) is 58.9 Å². The molecule has 1 saturated carbocycles. The summed E-state index contributed by atoms with van der Waals surface area (Å²) in [5, 5.41) is 6.79. The van der Waals surface area contributed by atoms with Crippen molar-refractivity contribution in [2.45, 2.75) is 90.1 Å². The monoisotopic (exact) mass is 527 g/mol. The number of hydrogen-bond donors (Lipinski definition) is 2. The van der Waals surface area contributed by atoms with Gasteiger partial charge in [0, 0.05) is 22.8 Å². The lowest BCUT2D eigenvalue weighted by Crippen LogP contribution is -2.59.